The lowest BCUT2D eigenvalue weighted by Crippen LogP contribution is -2.46. The highest BCUT2D eigenvalue weighted by Gasteiger charge is 2.12. The molecule has 0 heterocycles. The summed E-state index contributed by atoms with van der Waals surface area (Å²) in [6, 6.07) is -0.150. The van der Waals surface area contributed by atoms with Crippen molar-refractivity contribution in [2.45, 2.75) is 58.4 Å². The third-order valence-electron chi connectivity index (χ3n) is 2.09. The van der Waals surface area contributed by atoms with Gasteiger partial charge in [-0.2, -0.15) is 0 Å². The summed E-state index contributed by atoms with van der Waals surface area (Å²) in [6.07, 6.45) is 3.68. The highest BCUT2D eigenvalue weighted by atomic mass is 16.4. The van der Waals surface area contributed by atoms with E-state index in [2.05, 4.69) is 10.6 Å². The summed E-state index contributed by atoms with van der Waals surface area (Å²) in [5.41, 5.74) is -0.217. The van der Waals surface area contributed by atoms with Crippen LogP contribution in [-0.2, 0) is 4.79 Å². The number of aliphatic carboxylic acids is 1. The standard InChI is InChI=1S/C12H24N2O3/c1-12(2,3)14-11(17)13-9-7-5-4-6-8-10(15)16/h4-9H2,1-3H3,(H,15,16)(H2,13,14,17). The topological polar surface area (TPSA) is 78.4 Å². The van der Waals surface area contributed by atoms with Crippen molar-refractivity contribution in [2.24, 2.45) is 0 Å². The van der Waals surface area contributed by atoms with Gasteiger partial charge < -0.3 is 15.7 Å². The van der Waals surface area contributed by atoms with E-state index in [4.69, 9.17) is 5.11 Å². The van der Waals surface area contributed by atoms with E-state index in [0.717, 1.165) is 19.3 Å². The minimum absolute atomic E-state index is 0.150. The summed E-state index contributed by atoms with van der Waals surface area (Å²) in [7, 11) is 0. The molecule has 0 saturated heterocycles. The molecule has 0 bridgehead atoms. The summed E-state index contributed by atoms with van der Waals surface area (Å²) in [4.78, 5) is 21.6. The van der Waals surface area contributed by atoms with E-state index < -0.39 is 5.97 Å². The number of carboxylic acids is 1. The fourth-order valence-corrected chi connectivity index (χ4v) is 1.34. The molecule has 0 atom stereocenters. The fraction of sp³-hybridized carbons (Fsp3) is 0.833. The Labute approximate surface area is 103 Å². The predicted molar refractivity (Wildman–Crippen MR) is 67.0 cm³/mol. The Morgan fingerprint density at radius 2 is 1.65 bits per heavy atom. The molecule has 0 aromatic rings. The maximum absolute atomic E-state index is 11.3. The second-order valence-corrected chi connectivity index (χ2v) is 5.19. The van der Waals surface area contributed by atoms with E-state index in [1.165, 1.54) is 0 Å². The molecule has 5 heteroatoms. The summed E-state index contributed by atoms with van der Waals surface area (Å²) in [6.45, 7) is 6.42. The Bertz CT molecular complexity index is 247. The number of carboxylic acid groups (broad SMARTS) is 1. The second-order valence-electron chi connectivity index (χ2n) is 5.19. The van der Waals surface area contributed by atoms with Gasteiger partial charge in [-0.15, -0.1) is 0 Å². The second kappa shape index (κ2) is 7.92. The first-order valence-electron chi connectivity index (χ1n) is 6.09. The smallest absolute Gasteiger partial charge is 0.315 e. The SMILES string of the molecule is CC(C)(C)NC(=O)NCCCCCCC(=O)O. The number of unbranched alkanes of at least 4 members (excludes halogenated alkanes) is 3. The molecule has 3 N–H and O–H groups in total. The lowest BCUT2D eigenvalue weighted by molar-refractivity contribution is -0.137. The molecule has 0 radical (unpaired) electrons. The van der Waals surface area contributed by atoms with Crippen molar-refractivity contribution in [3.05, 3.63) is 0 Å². The van der Waals surface area contributed by atoms with Crippen molar-refractivity contribution in [3.8, 4) is 0 Å². The molecule has 0 aliphatic carbocycles. The van der Waals surface area contributed by atoms with Crippen molar-refractivity contribution < 1.29 is 14.7 Å². The Morgan fingerprint density at radius 3 is 2.18 bits per heavy atom. The third-order valence-corrected chi connectivity index (χ3v) is 2.09. The van der Waals surface area contributed by atoms with Crippen LogP contribution in [0.1, 0.15) is 52.9 Å². The quantitative estimate of drug-likeness (QED) is 0.600. The van der Waals surface area contributed by atoms with Crippen molar-refractivity contribution in [3.63, 3.8) is 0 Å². The van der Waals surface area contributed by atoms with Gasteiger partial charge >= 0.3 is 12.0 Å². The van der Waals surface area contributed by atoms with Crippen LogP contribution in [0.15, 0.2) is 0 Å². The van der Waals surface area contributed by atoms with E-state index in [1.54, 1.807) is 0 Å². The van der Waals surface area contributed by atoms with Crippen LogP contribution in [0.4, 0.5) is 4.79 Å². The van der Waals surface area contributed by atoms with E-state index in [9.17, 15) is 9.59 Å². The first-order chi connectivity index (χ1) is 7.81. The number of urea groups is 1. The summed E-state index contributed by atoms with van der Waals surface area (Å²) < 4.78 is 0. The molecule has 0 unspecified atom stereocenters. The van der Waals surface area contributed by atoms with Crippen LogP contribution >= 0.6 is 0 Å². The number of rotatable bonds is 7. The molecule has 2 amide bonds. The molecule has 0 aliphatic rings. The van der Waals surface area contributed by atoms with Gasteiger partial charge in [0.15, 0.2) is 0 Å². The molecule has 0 aliphatic heterocycles. The van der Waals surface area contributed by atoms with E-state index in [0.29, 0.717) is 13.0 Å². The van der Waals surface area contributed by atoms with Gasteiger partial charge in [0.2, 0.25) is 0 Å². The van der Waals surface area contributed by atoms with Crippen LogP contribution in [0.5, 0.6) is 0 Å². The molecule has 5 nitrogen and oxygen atoms in total. The molecule has 17 heavy (non-hydrogen) atoms. The largest absolute Gasteiger partial charge is 0.481 e. The normalized spacial score (nSPS) is 11.0. The number of nitrogens with one attached hydrogen (secondary N) is 2. The van der Waals surface area contributed by atoms with Crippen LogP contribution in [0, 0.1) is 0 Å². The van der Waals surface area contributed by atoms with Gasteiger partial charge in [-0.25, -0.2) is 4.79 Å². The van der Waals surface area contributed by atoms with Gasteiger partial charge in [0, 0.05) is 18.5 Å². The molecule has 0 rings (SSSR count). The number of carbonyl (C=O) groups is 2. The Hall–Kier alpha value is -1.26. The van der Waals surface area contributed by atoms with Crippen LogP contribution in [0.25, 0.3) is 0 Å². The molecular weight excluding hydrogens is 220 g/mol. The predicted octanol–water partition coefficient (Wildman–Crippen LogP) is 2.12. The first-order valence-corrected chi connectivity index (χ1v) is 6.09. The summed E-state index contributed by atoms with van der Waals surface area (Å²) in [5.74, 6) is -0.743. The third kappa shape index (κ3) is 12.7. The molecule has 0 aromatic carbocycles. The molecule has 0 spiro atoms. The number of amides is 2. The maximum Gasteiger partial charge on any atom is 0.315 e. The number of hydrogen-bond donors (Lipinski definition) is 3. The minimum Gasteiger partial charge on any atom is -0.481 e. The zero-order valence-corrected chi connectivity index (χ0v) is 11.0. The van der Waals surface area contributed by atoms with E-state index >= 15 is 0 Å². The average molecular weight is 244 g/mol. The van der Waals surface area contributed by atoms with Gasteiger partial charge in [-0.05, 0) is 33.6 Å². The monoisotopic (exact) mass is 244 g/mol. The van der Waals surface area contributed by atoms with Crippen molar-refractivity contribution in [1.29, 1.82) is 0 Å². The van der Waals surface area contributed by atoms with Crippen LogP contribution in [-0.4, -0.2) is 29.2 Å². The van der Waals surface area contributed by atoms with Crippen LogP contribution in [0.3, 0.4) is 0 Å². The molecular formula is C12H24N2O3. The van der Waals surface area contributed by atoms with Gasteiger partial charge in [-0.1, -0.05) is 12.8 Å². The molecule has 100 valence electrons. The highest BCUT2D eigenvalue weighted by Crippen LogP contribution is 2.02. The highest BCUT2D eigenvalue weighted by molar-refractivity contribution is 5.74. The Kier molecular flexibility index (Phi) is 7.34. The zero-order chi connectivity index (χ0) is 13.3. The van der Waals surface area contributed by atoms with Crippen molar-refractivity contribution >= 4 is 12.0 Å². The minimum atomic E-state index is -0.743. The number of carbonyl (C=O) groups excluding carboxylic acids is 1. The van der Waals surface area contributed by atoms with Gasteiger partial charge in [0.05, 0.1) is 0 Å². The van der Waals surface area contributed by atoms with Gasteiger partial charge in [0.1, 0.15) is 0 Å². The fourth-order valence-electron chi connectivity index (χ4n) is 1.34. The lowest BCUT2D eigenvalue weighted by Gasteiger charge is -2.20. The summed E-state index contributed by atoms with van der Waals surface area (Å²) in [5, 5.41) is 14.0. The van der Waals surface area contributed by atoms with E-state index in [-0.39, 0.29) is 18.0 Å². The van der Waals surface area contributed by atoms with Gasteiger partial charge in [-0.3, -0.25) is 4.79 Å². The van der Waals surface area contributed by atoms with Crippen molar-refractivity contribution in [1.82, 2.24) is 10.6 Å². The van der Waals surface area contributed by atoms with Crippen LogP contribution < -0.4 is 10.6 Å². The Balaban J connectivity index is 3.34. The van der Waals surface area contributed by atoms with Gasteiger partial charge in [0.25, 0.3) is 0 Å². The Morgan fingerprint density at radius 1 is 1.06 bits per heavy atom. The van der Waals surface area contributed by atoms with E-state index in [1.807, 2.05) is 20.8 Å². The molecule has 0 saturated carbocycles. The van der Waals surface area contributed by atoms with Crippen molar-refractivity contribution in [2.75, 3.05) is 6.54 Å². The first kappa shape index (κ1) is 15.7. The number of hydrogen-bond acceptors (Lipinski definition) is 2. The summed E-state index contributed by atoms with van der Waals surface area (Å²) >= 11 is 0. The maximum atomic E-state index is 11.3. The van der Waals surface area contributed by atoms with Crippen LogP contribution in [0.2, 0.25) is 0 Å². The lowest BCUT2D eigenvalue weighted by atomic mass is 10.1. The average Bonchev–Trinajstić information content (AvgIpc) is 2.12. The zero-order valence-electron chi connectivity index (χ0n) is 11.0. The molecule has 0 aromatic heterocycles. The molecule has 0 fully saturated rings.